The molecular formula is C8H7F3O3. The van der Waals surface area contributed by atoms with E-state index in [2.05, 4.69) is 0 Å². The molecule has 0 bridgehead atoms. The van der Waals surface area contributed by atoms with Crippen molar-refractivity contribution in [2.75, 3.05) is 0 Å². The van der Waals surface area contributed by atoms with Crippen molar-refractivity contribution in [3.8, 4) is 0 Å². The summed E-state index contributed by atoms with van der Waals surface area (Å²) in [7, 11) is 0. The van der Waals surface area contributed by atoms with E-state index < -0.39 is 29.4 Å². The van der Waals surface area contributed by atoms with Crippen molar-refractivity contribution in [1.29, 1.82) is 0 Å². The van der Waals surface area contributed by atoms with Crippen molar-refractivity contribution in [2.24, 2.45) is 5.92 Å². The van der Waals surface area contributed by atoms with Crippen LogP contribution in [0.2, 0.25) is 0 Å². The topological polar surface area (TPSA) is 57.5 Å². The van der Waals surface area contributed by atoms with Gasteiger partial charge in [0.05, 0.1) is 17.3 Å². The highest BCUT2D eigenvalue weighted by atomic mass is 19.4. The van der Waals surface area contributed by atoms with Crippen LogP contribution in [0.4, 0.5) is 13.2 Å². The van der Waals surface area contributed by atoms with Gasteiger partial charge in [-0.3, -0.25) is 4.79 Å². The van der Waals surface area contributed by atoms with E-state index in [9.17, 15) is 18.0 Å². The van der Waals surface area contributed by atoms with Crippen LogP contribution in [0.5, 0.6) is 0 Å². The van der Waals surface area contributed by atoms with Crippen LogP contribution in [0.25, 0.3) is 0 Å². The minimum Gasteiger partial charge on any atom is -0.512 e. The maximum atomic E-state index is 12.1. The normalized spacial score (nSPS) is 22.6. The Morgan fingerprint density at radius 3 is 2.50 bits per heavy atom. The van der Waals surface area contributed by atoms with Crippen LogP contribution < -0.4 is 0 Å². The molecule has 0 amide bonds. The third-order valence-corrected chi connectivity index (χ3v) is 1.78. The largest absolute Gasteiger partial charge is 0.512 e. The highest BCUT2D eigenvalue weighted by Gasteiger charge is 2.36. The Bertz CT molecular complexity index is 314. The number of aliphatic carboxylic acids is 1. The van der Waals surface area contributed by atoms with Gasteiger partial charge in [0.15, 0.2) is 0 Å². The molecule has 0 aromatic carbocycles. The van der Waals surface area contributed by atoms with Crippen molar-refractivity contribution < 1.29 is 28.2 Å². The number of allylic oxidation sites excluding steroid dienone is 3. The molecule has 0 aliphatic heterocycles. The van der Waals surface area contributed by atoms with Crippen LogP contribution in [-0.2, 0) is 4.79 Å². The van der Waals surface area contributed by atoms with Gasteiger partial charge in [-0.2, -0.15) is 13.2 Å². The van der Waals surface area contributed by atoms with Crippen LogP contribution in [0.1, 0.15) is 6.42 Å². The van der Waals surface area contributed by atoms with E-state index in [-0.39, 0.29) is 6.42 Å². The second-order valence-corrected chi connectivity index (χ2v) is 2.90. The number of aliphatic hydroxyl groups is 1. The second-order valence-electron chi connectivity index (χ2n) is 2.90. The van der Waals surface area contributed by atoms with Gasteiger partial charge in [0.1, 0.15) is 0 Å². The van der Waals surface area contributed by atoms with E-state index in [1.165, 1.54) is 0 Å². The average molecular weight is 208 g/mol. The third-order valence-electron chi connectivity index (χ3n) is 1.78. The predicted octanol–water partition coefficient (Wildman–Crippen LogP) is 2.02. The molecule has 14 heavy (non-hydrogen) atoms. The molecule has 6 heteroatoms. The van der Waals surface area contributed by atoms with Crippen molar-refractivity contribution in [3.63, 3.8) is 0 Å². The van der Waals surface area contributed by atoms with E-state index in [1.54, 1.807) is 0 Å². The lowest BCUT2D eigenvalue weighted by Gasteiger charge is -2.17. The van der Waals surface area contributed by atoms with Crippen LogP contribution in [0.3, 0.4) is 0 Å². The summed E-state index contributed by atoms with van der Waals surface area (Å²) in [5.74, 6) is -3.25. The van der Waals surface area contributed by atoms with E-state index >= 15 is 0 Å². The van der Waals surface area contributed by atoms with Gasteiger partial charge < -0.3 is 10.2 Å². The standard InChI is InChI=1S/C8H7F3O3/c9-8(10,11)5-1-4(7(13)14)2-6(12)3-5/h1,3-4,12H,2H2,(H,13,14). The molecule has 1 atom stereocenters. The number of hydrogen-bond donors (Lipinski definition) is 2. The second kappa shape index (κ2) is 3.36. The zero-order valence-corrected chi connectivity index (χ0v) is 6.88. The SMILES string of the molecule is O=C(O)C1C=C(C(F)(F)F)C=C(O)C1. The van der Waals surface area contributed by atoms with Crippen molar-refractivity contribution in [1.82, 2.24) is 0 Å². The molecule has 1 aliphatic carbocycles. The molecular weight excluding hydrogens is 201 g/mol. The van der Waals surface area contributed by atoms with E-state index in [1.807, 2.05) is 0 Å². The van der Waals surface area contributed by atoms with Crippen molar-refractivity contribution >= 4 is 5.97 Å². The van der Waals surface area contributed by atoms with Gasteiger partial charge in [0.25, 0.3) is 0 Å². The number of carboxylic acid groups (broad SMARTS) is 1. The third kappa shape index (κ3) is 2.27. The van der Waals surface area contributed by atoms with Gasteiger partial charge >= 0.3 is 12.1 Å². The summed E-state index contributed by atoms with van der Waals surface area (Å²) < 4.78 is 36.4. The first kappa shape index (κ1) is 10.6. The Balaban J connectivity index is 2.99. The highest BCUT2D eigenvalue weighted by molar-refractivity contribution is 5.73. The lowest BCUT2D eigenvalue weighted by molar-refractivity contribution is -0.140. The molecule has 3 nitrogen and oxygen atoms in total. The molecule has 0 fully saturated rings. The van der Waals surface area contributed by atoms with Gasteiger partial charge in [0, 0.05) is 6.42 Å². The number of aliphatic hydroxyl groups excluding tert-OH is 1. The molecule has 0 radical (unpaired) electrons. The van der Waals surface area contributed by atoms with Crippen LogP contribution in [0.15, 0.2) is 23.5 Å². The molecule has 0 spiro atoms. The summed E-state index contributed by atoms with van der Waals surface area (Å²) in [5, 5.41) is 17.4. The average Bonchev–Trinajstić information content (AvgIpc) is 2.01. The summed E-state index contributed by atoms with van der Waals surface area (Å²) in [6.45, 7) is 0. The van der Waals surface area contributed by atoms with E-state index in [0.29, 0.717) is 12.2 Å². The monoisotopic (exact) mass is 208 g/mol. The molecule has 2 N–H and O–H groups in total. The molecule has 1 aliphatic rings. The molecule has 0 saturated heterocycles. The zero-order chi connectivity index (χ0) is 10.9. The van der Waals surface area contributed by atoms with Crippen molar-refractivity contribution in [2.45, 2.75) is 12.6 Å². The molecule has 1 unspecified atom stereocenters. The molecule has 0 saturated carbocycles. The summed E-state index contributed by atoms with van der Waals surface area (Å²) in [6.07, 6.45) is -3.78. The Morgan fingerprint density at radius 1 is 1.50 bits per heavy atom. The first-order valence-electron chi connectivity index (χ1n) is 3.72. The van der Waals surface area contributed by atoms with Gasteiger partial charge in [-0.25, -0.2) is 0 Å². The van der Waals surface area contributed by atoms with Crippen LogP contribution >= 0.6 is 0 Å². The molecule has 0 heterocycles. The first-order valence-corrected chi connectivity index (χ1v) is 3.72. The highest BCUT2D eigenvalue weighted by Crippen LogP contribution is 2.33. The molecule has 0 aromatic rings. The lowest BCUT2D eigenvalue weighted by Crippen LogP contribution is -2.20. The molecule has 0 aromatic heterocycles. The Morgan fingerprint density at radius 2 is 2.07 bits per heavy atom. The predicted molar refractivity (Wildman–Crippen MR) is 40.6 cm³/mol. The number of hydrogen-bond acceptors (Lipinski definition) is 2. The number of rotatable bonds is 1. The number of alkyl halides is 3. The minimum atomic E-state index is -4.62. The lowest BCUT2D eigenvalue weighted by atomic mass is 9.95. The van der Waals surface area contributed by atoms with Crippen LogP contribution in [0, 0.1) is 5.92 Å². The van der Waals surface area contributed by atoms with Crippen molar-refractivity contribution in [3.05, 3.63) is 23.5 Å². The van der Waals surface area contributed by atoms with E-state index in [4.69, 9.17) is 10.2 Å². The maximum Gasteiger partial charge on any atom is 0.416 e. The van der Waals surface area contributed by atoms with Gasteiger partial charge in [-0.05, 0) is 6.08 Å². The number of halogens is 3. The molecule has 78 valence electrons. The summed E-state index contributed by atoms with van der Waals surface area (Å²) in [6, 6.07) is 0. The van der Waals surface area contributed by atoms with Crippen LogP contribution in [-0.4, -0.2) is 22.4 Å². The first-order chi connectivity index (χ1) is 6.30. The quantitative estimate of drug-likeness (QED) is 0.693. The Kier molecular flexibility index (Phi) is 2.55. The fourth-order valence-electron chi connectivity index (χ4n) is 1.12. The van der Waals surface area contributed by atoms with E-state index in [0.717, 1.165) is 0 Å². The summed E-state index contributed by atoms with van der Waals surface area (Å²) in [5.41, 5.74) is -1.12. The smallest absolute Gasteiger partial charge is 0.416 e. The number of carbonyl (C=O) groups is 1. The minimum absolute atomic E-state index is 0.297. The fraction of sp³-hybridized carbons (Fsp3) is 0.375. The summed E-state index contributed by atoms with van der Waals surface area (Å²) >= 11 is 0. The Labute approximate surface area is 77.2 Å². The maximum absolute atomic E-state index is 12.1. The Hall–Kier alpha value is -1.46. The van der Waals surface area contributed by atoms with Gasteiger partial charge in [-0.1, -0.05) is 6.08 Å². The zero-order valence-electron chi connectivity index (χ0n) is 6.88. The fourth-order valence-corrected chi connectivity index (χ4v) is 1.12. The van der Waals surface area contributed by atoms with Gasteiger partial charge in [-0.15, -0.1) is 0 Å². The summed E-state index contributed by atoms with van der Waals surface area (Å²) in [4.78, 5) is 10.4. The van der Waals surface area contributed by atoms with Gasteiger partial charge in [0.2, 0.25) is 0 Å². The molecule has 1 rings (SSSR count). The number of carboxylic acids is 1.